The number of rotatable bonds is 7. The van der Waals surface area contributed by atoms with Gasteiger partial charge in [0.25, 0.3) is 5.91 Å². The lowest BCUT2D eigenvalue weighted by atomic mass is 10.0. The molecular weight excluding hydrogens is 428 g/mol. The summed E-state index contributed by atoms with van der Waals surface area (Å²) in [5.74, 6) is 0.144. The Labute approximate surface area is 195 Å². The van der Waals surface area contributed by atoms with Gasteiger partial charge in [0.2, 0.25) is 5.78 Å². The zero-order chi connectivity index (χ0) is 23.2. The Balaban J connectivity index is 1.27. The molecule has 7 nitrogen and oxygen atoms in total. The van der Waals surface area contributed by atoms with E-state index in [4.69, 9.17) is 10.5 Å². The number of amides is 1. The number of hydrogen-bond donors (Lipinski definition) is 2. The molecule has 6 rings (SSSR count). The summed E-state index contributed by atoms with van der Waals surface area (Å²) < 4.78 is 7.57. The van der Waals surface area contributed by atoms with Crippen molar-refractivity contribution in [2.75, 3.05) is 6.61 Å². The van der Waals surface area contributed by atoms with Gasteiger partial charge in [0, 0.05) is 35.1 Å². The van der Waals surface area contributed by atoms with E-state index in [1.165, 1.54) is 18.4 Å². The predicted molar refractivity (Wildman–Crippen MR) is 130 cm³/mol. The summed E-state index contributed by atoms with van der Waals surface area (Å²) in [6.07, 6.45) is 7.72. The molecule has 2 heterocycles. The highest BCUT2D eigenvalue weighted by molar-refractivity contribution is 6.09. The number of Topliss-reactive ketones (excluding diaryl/α,β-unsaturated/α-hetero) is 1. The molecule has 5 aromatic rings. The van der Waals surface area contributed by atoms with Crippen LogP contribution in [0.15, 0.2) is 73.2 Å². The van der Waals surface area contributed by atoms with Crippen molar-refractivity contribution >= 4 is 33.4 Å². The first-order valence-corrected chi connectivity index (χ1v) is 11.2. The van der Waals surface area contributed by atoms with Gasteiger partial charge < -0.3 is 15.5 Å². The maximum atomic E-state index is 13.0. The molecule has 168 valence electrons. The van der Waals surface area contributed by atoms with Gasteiger partial charge in [-0.15, -0.1) is 0 Å². The van der Waals surface area contributed by atoms with Crippen LogP contribution >= 0.6 is 0 Å². The third-order valence-corrected chi connectivity index (χ3v) is 6.37. The van der Waals surface area contributed by atoms with Gasteiger partial charge in [-0.3, -0.25) is 9.59 Å². The Morgan fingerprint density at radius 2 is 1.94 bits per heavy atom. The van der Waals surface area contributed by atoms with Crippen LogP contribution in [0.2, 0.25) is 0 Å². The molecule has 3 aromatic carbocycles. The number of aromatic amines is 1. The molecule has 0 aliphatic heterocycles. The fraction of sp³-hybridized carbons (Fsp3) is 0.148. The molecule has 1 saturated carbocycles. The molecule has 1 fully saturated rings. The Morgan fingerprint density at radius 1 is 1.06 bits per heavy atom. The van der Waals surface area contributed by atoms with E-state index in [1.807, 2.05) is 36.5 Å². The van der Waals surface area contributed by atoms with E-state index in [-0.39, 0.29) is 23.7 Å². The first-order valence-electron chi connectivity index (χ1n) is 11.2. The molecule has 1 aliphatic rings. The van der Waals surface area contributed by atoms with Crippen LogP contribution in [0.5, 0.6) is 5.75 Å². The standard InChI is InChI=1S/C27H22N4O3/c28-27(33)22-11-19-10-20(31-9-1-8-30-31)6-4-18(19)13-26(22)34-15-25(32)23-14-29-24-12-17(16-2-3-16)5-7-21(23)24/h1,4-14,16,29H,2-3,15H2,(H2,28,33). The van der Waals surface area contributed by atoms with E-state index in [1.54, 1.807) is 29.2 Å². The number of benzene rings is 3. The molecule has 7 heteroatoms. The lowest BCUT2D eigenvalue weighted by Gasteiger charge is -2.12. The number of hydrogen-bond acceptors (Lipinski definition) is 4. The number of primary amides is 1. The van der Waals surface area contributed by atoms with Crippen molar-refractivity contribution in [3.05, 3.63) is 89.9 Å². The van der Waals surface area contributed by atoms with Crippen molar-refractivity contribution < 1.29 is 14.3 Å². The maximum absolute atomic E-state index is 13.0. The fourth-order valence-corrected chi connectivity index (χ4v) is 4.41. The maximum Gasteiger partial charge on any atom is 0.252 e. The first kappa shape index (κ1) is 20.2. The number of ether oxygens (including phenoxy) is 1. The largest absolute Gasteiger partial charge is 0.485 e. The van der Waals surface area contributed by atoms with Crippen LogP contribution in [-0.2, 0) is 0 Å². The Morgan fingerprint density at radius 3 is 2.71 bits per heavy atom. The number of carbonyl (C=O) groups is 2. The Hall–Kier alpha value is -4.39. The first-order chi connectivity index (χ1) is 16.6. The second-order valence-electron chi connectivity index (χ2n) is 8.69. The highest BCUT2D eigenvalue weighted by Crippen LogP contribution is 2.41. The lowest BCUT2D eigenvalue weighted by Crippen LogP contribution is -2.16. The summed E-state index contributed by atoms with van der Waals surface area (Å²) in [6.45, 7) is -0.200. The highest BCUT2D eigenvalue weighted by atomic mass is 16.5. The van der Waals surface area contributed by atoms with Gasteiger partial charge in [-0.05, 0) is 71.5 Å². The molecule has 0 atom stereocenters. The number of ketones is 1. The van der Waals surface area contributed by atoms with Crippen LogP contribution in [0.1, 0.15) is 45.0 Å². The molecular formula is C27H22N4O3. The summed E-state index contributed by atoms with van der Waals surface area (Å²) in [7, 11) is 0. The average molecular weight is 450 g/mol. The van der Waals surface area contributed by atoms with E-state index in [0.29, 0.717) is 11.5 Å². The minimum Gasteiger partial charge on any atom is -0.485 e. The van der Waals surface area contributed by atoms with E-state index in [0.717, 1.165) is 27.4 Å². The number of H-pyrrole nitrogens is 1. The van der Waals surface area contributed by atoms with Gasteiger partial charge >= 0.3 is 0 Å². The zero-order valence-corrected chi connectivity index (χ0v) is 18.3. The van der Waals surface area contributed by atoms with E-state index in [9.17, 15) is 9.59 Å². The number of carbonyl (C=O) groups excluding carboxylic acids is 2. The zero-order valence-electron chi connectivity index (χ0n) is 18.3. The van der Waals surface area contributed by atoms with Crippen molar-refractivity contribution in [1.82, 2.24) is 14.8 Å². The van der Waals surface area contributed by atoms with E-state index >= 15 is 0 Å². The monoisotopic (exact) mass is 450 g/mol. The van der Waals surface area contributed by atoms with Gasteiger partial charge in [0.05, 0.1) is 11.3 Å². The molecule has 1 aliphatic carbocycles. The van der Waals surface area contributed by atoms with Gasteiger partial charge in [-0.1, -0.05) is 18.2 Å². The summed E-state index contributed by atoms with van der Waals surface area (Å²) in [6, 6.07) is 17.3. The van der Waals surface area contributed by atoms with Crippen molar-refractivity contribution in [2.24, 2.45) is 5.73 Å². The molecule has 2 aromatic heterocycles. The number of fused-ring (bicyclic) bond motifs is 2. The van der Waals surface area contributed by atoms with Crippen LogP contribution in [-0.4, -0.2) is 33.1 Å². The summed E-state index contributed by atoms with van der Waals surface area (Å²) in [5, 5.41) is 6.80. The van der Waals surface area contributed by atoms with Crippen LogP contribution in [0.25, 0.3) is 27.4 Å². The molecule has 1 amide bonds. The molecule has 0 spiro atoms. The summed E-state index contributed by atoms with van der Waals surface area (Å²) in [4.78, 5) is 28.3. The second-order valence-corrected chi connectivity index (χ2v) is 8.69. The van der Waals surface area contributed by atoms with Gasteiger partial charge in [-0.25, -0.2) is 4.68 Å². The lowest BCUT2D eigenvalue weighted by molar-refractivity contribution is 0.0914. The normalized spacial score (nSPS) is 13.4. The number of nitrogens with two attached hydrogens (primary N) is 1. The number of nitrogens with zero attached hydrogens (tertiary/aromatic N) is 2. The van der Waals surface area contributed by atoms with Crippen LogP contribution in [0, 0.1) is 0 Å². The Kier molecular flexibility index (Phi) is 4.69. The molecule has 3 N–H and O–H groups in total. The fourth-order valence-electron chi connectivity index (χ4n) is 4.41. The minimum absolute atomic E-state index is 0.171. The molecule has 34 heavy (non-hydrogen) atoms. The summed E-state index contributed by atoms with van der Waals surface area (Å²) >= 11 is 0. The average Bonchev–Trinajstić information content (AvgIpc) is 3.38. The van der Waals surface area contributed by atoms with Crippen molar-refractivity contribution in [2.45, 2.75) is 18.8 Å². The quantitative estimate of drug-likeness (QED) is 0.349. The van der Waals surface area contributed by atoms with E-state index < -0.39 is 5.91 Å². The smallest absolute Gasteiger partial charge is 0.252 e. The predicted octanol–water partition coefficient (Wildman–Crippen LogP) is 4.74. The number of nitrogens with one attached hydrogen (secondary N) is 1. The molecule has 0 saturated heterocycles. The van der Waals surface area contributed by atoms with Crippen molar-refractivity contribution in [3.63, 3.8) is 0 Å². The van der Waals surface area contributed by atoms with E-state index in [2.05, 4.69) is 22.2 Å². The highest BCUT2D eigenvalue weighted by Gasteiger charge is 2.24. The molecule has 0 unspecified atom stereocenters. The van der Waals surface area contributed by atoms with Crippen molar-refractivity contribution in [1.29, 1.82) is 0 Å². The van der Waals surface area contributed by atoms with Crippen molar-refractivity contribution in [3.8, 4) is 11.4 Å². The van der Waals surface area contributed by atoms with Crippen LogP contribution < -0.4 is 10.5 Å². The number of aromatic nitrogens is 3. The molecule has 0 radical (unpaired) electrons. The Bertz CT molecular complexity index is 1560. The minimum atomic E-state index is -0.617. The second kappa shape index (κ2) is 7.88. The van der Waals surface area contributed by atoms with Gasteiger partial charge in [0.1, 0.15) is 5.75 Å². The van der Waals surface area contributed by atoms with Gasteiger partial charge in [-0.2, -0.15) is 5.10 Å². The van der Waals surface area contributed by atoms with Crippen LogP contribution in [0.4, 0.5) is 0 Å². The third-order valence-electron chi connectivity index (χ3n) is 6.37. The SMILES string of the molecule is NC(=O)c1cc2cc(-n3cccn3)ccc2cc1OCC(=O)c1c[nH]c2cc(C3CC3)ccc12. The third kappa shape index (κ3) is 3.61. The topological polar surface area (TPSA) is 103 Å². The van der Waals surface area contributed by atoms with Crippen LogP contribution in [0.3, 0.4) is 0 Å². The van der Waals surface area contributed by atoms with Gasteiger partial charge in [0.15, 0.2) is 6.61 Å². The molecule has 0 bridgehead atoms. The summed E-state index contributed by atoms with van der Waals surface area (Å²) in [5.41, 5.74) is 9.55.